The number of carbonyl (C=O) groups is 2. The number of benzene rings is 2. The average molecular weight is 545 g/mol. The first-order chi connectivity index (χ1) is 18.8. The highest BCUT2D eigenvalue weighted by Gasteiger charge is 2.48. The van der Waals surface area contributed by atoms with Gasteiger partial charge in [-0.25, -0.2) is 4.39 Å². The van der Waals surface area contributed by atoms with E-state index < -0.39 is 29.7 Å². The molecule has 39 heavy (non-hydrogen) atoms. The summed E-state index contributed by atoms with van der Waals surface area (Å²) >= 11 is 0. The van der Waals surface area contributed by atoms with Crippen molar-refractivity contribution < 1.29 is 38.0 Å². The predicted molar refractivity (Wildman–Crippen MR) is 142 cm³/mol. The maximum absolute atomic E-state index is 14.8. The van der Waals surface area contributed by atoms with Crippen LogP contribution >= 0.6 is 0 Å². The second-order valence-electron chi connectivity index (χ2n) is 9.93. The minimum Gasteiger partial charge on any atom is -0.494 e. The van der Waals surface area contributed by atoms with Crippen LogP contribution in [0, 0.1) is 11.7 Å². The van der Waals surface area contributed by atoms with E-state index in [4.69, 9.17) is 18.9 Å². The Labute approximate surface area is 228 Å². The van der Waals surface area contributed by atoms with E-state index in [1.807, 2.05) is 16.7 Å². The van der Waals surface area contributed by atoms with E-state index >= 15 is 0 Å². The number of nitrogens with zero attached hydrogens (tertiary/aromatic N) is 2. The Morgan fingerprint density at radius 3 is 2.46 bits per heavy atom. The van der Waals surface area contributed by atoms with Gasteiger partial charge in [0.15, 0.2) is 23.1 Å². The van der Waals surface area contributed by atoms with Gasteiger partial charge in [0.25, 0.3) is 0 Å². The number of halogens is 1. The number of aliphatic carboxylic acids is 1. The molecule has 0 saturated carbocycles. The first-order valence-electron chi connectivity index (χ1n) is 13.4. The van der Waals surface area contributed by atoms with Crippen molar-refractivity contribution >= 4 is 11.9 Å². The third-order valence-corrected chi connectivity index (χ3v) is 7.48. The molecule has 1 amide bonds. The summed E-state index contributed by atoms with van der Waals surface area (Å²) in [6.07, 6.45) is 2.66. The molecule has 0 bridgehead atoms. The summed E-state index contributed by atoms with van der Waals surface area (Å²) in [6.45, 7) is 5.70. The number of fused-ring (bicyclic) bond motifs is 1. The lowest BCUT2D eigenvalue weighted by Crippen LogP contribution is -2.41. The van der Waals surface area contributed by atoms with Crippen molar-refractivity contribution in [2.75, 3.05) is 47.2 Å². The highest BCUT2D eigenvalue weighted by atomic mass is 19.1. The molecule has 2 aromatic rings. The molecule has 2 heterocycles. The molecule has 3 atom stereocenters. The molecule has 1 fully saturated rings. The van der Waals surface area contributed by atoms with Crippen LogP contribution in [0.5, 0.6) is 23.0 Å². The smallest absolute Gasteiger partial charge is 0.309 e. The molecule has 2 aliphatic heterocycles. The van der Waals surface area contributed by atoms with Gasteiger partial charge in [0.2, 0.25) is 18.4 Å². The maximum atomic E-state index is 14.8. The molecule has 2 aromatic carbocycles. The molecule has 1 N–H and O–H groups in total. The van der Waals surface area contributed by atoms with Gasteiger partial charge >= 0.3 is 5.97 Å². The van der Waals surface area contributed by atoms with Crippen LogP contribution in [-0.4, -0.2) is 74.0 Å². The van der Waals surface area contributed by atoms with E-state index in [1.54, 1.807) is 18.2 Å². The maximum Gasteiger partial charge on any atom is 0.309 e. The summed E-state index contributed by atoms with van der Waals surface area (Å²) in [4.78, 5) is 30.0. The van der Waals surface area contributed by atoms with Crippen molar-refractivity contribution in [2.24, 2.45) is 5.92 Å². The number of unbranched alkanes of at least 4 members (excludes halogenated alkanes) is 1. The molecule has 0 radical (unpaired) electrons. The topological polar surface area (TPSA) is 97.8 Å². The van der Waals surface area contributed by atoms with E-state index in [0.717, 1.165) is 19.3 Å². The Morgan fingerprint density at radius 1 is 1.05 bits per heavy atom. The van der Waals surface area contributed by atoms with Crippen molar-refractivity contribution in [3.05, 3.63) is 47.3 Å². The molecule has 212 valence electrons. The molecular weight excluding hydrogens is 507 g/mol. The summed E-state index contributed by atoms with van der Waals surface area (Å²) in [5.74, 6) is -1.73. The van der Waals surface area contributed by atoms with E-state index in [1.165, 1.54) is 26.4 Å². The predicted octanol–water partition coefficient (Wildman–Crippen LogP) is 4.45. The van der Waals surface area contributed by atoms with Crippen molar-refractivity contribution in [3.8, 4) is 23.0 Å². The van der Waals surface area contributed by atoms with Crippen molar-refractivity contribution in [3.63, 3.8) is 0 Å². The lowest BCUT2D eigenvalue weighted by Gasteiger charge is -2.30. The third kappa shape index (κ3) is 5.90. The summed E-state index contributed by atoms with van der Waals surface area (Å²) < 4.78 is 36.5. The van der Waals surface area contributed by atoms with Crippen LogP contribution < -0.4 is 18.9 Å². The van der Waals surface area contributed by atoms with Crippen LogP contribution in [0.4, 0.5) is 4.39 Å². The van der Waals surface area contributed by atoms with Crippen molar-refractivity contribution in [2.45, 2.75) is 45.1 Å². The minimum absolute atomic E-state index is 0.0179. The Balaban J connectivity index is 1.75. The zero-order valence-electron chi connectivity index (χ0n) is 22.9. The molecule has 1 saturated heterocycles. The number of ether oxygens (including phenoxy) is 4. The minimum atomic E-state index is -1.04. The summed E-state index contributed by atoms with van der Waals surface area (Å²) in [6, 6.07) is 7.25. The van der Waals surface area contributed by atoms with Crippen molar-refractivity contribution in [1.29, 1.82) is 0 Å². The highest BCUT2D eigenvalue weighted by molar-refractivity contribution is 5.79. The largest absolute Gasteiger partial charge is 0.494 e. The van der Waals surface area contributed by atoms with Crippen LogP contribution in [0.1, 0.15) is 56.2 Å². The van der Waals surface area contributed by atoms with Crippen LogP contribution in [0.3, 0.4) is 0 Å². The fraction of sp³-hybridized carbons (Fsp3) is 0.517. The quantitative estimate of drug-likeness (QED) is 0.419. The molecular formula is C29H37FN2O7. The number of amides is 1. The molecule has 2 aliphatic rings. The Kier molecular flexibility index (Phi) is 9.16. The molecule has 9 nitrogen and oxygen atoms in total. The number of likely N-dealkylation sites (tertiary alicyclic amines) is 1. The number of methoxy groups -OCH3 is 2. The lowest BCUT2D eigenvalue weighted by atomic mass is 9.82. The normalized spacial score (nSPS) is 20.2. The summed E-state index contributed by atoms with van der Waals surface area (Å²) in [7, 11) is 2.89. The molecule has 10 heteroatoms. The second-order valence-corrected chi connectivity index (χ2v) is 9.93. The zero-order valence-corrected chi connectivity index (χ0v) is 22.9. The van der Waals surface area contributed by atoms with Crippen LogP contribution in [-0.2, 0) is 9.59 Å². The summed E-state index contributed by atoms with van der Waals surface area (Å²) in [5.41, 5.74) is 1.16. The molecule has 0 aliphatic carbocycles. The van der Waals surface area contributed by atoms with E-state index in [0.29, 0.717) is 41.5 Å². The number of hydrogen-bond donors (Lipinski definition) is 1. The van der Waals surface area contributed by atoms with Gasteiger partial charge < -0.3 is 29.0 Å². The summed E-state index contributed by atoms with van der Waals surface area (Å²) in [5, 5.41) is 10.5. The van der Waals surface area contributed by atoms with Gasteiger partial charge in [0.05, 0.1) is 26.7 Å². The number of rotatable bonds is 12. The van der Waals surface area contributed by atoms with Gasteiger partial charge in [0, 0.05) is 31.6 Å². The van der Waals surface area contributed by atoms with Crippen LogP contribution in [0.2, 0.25) is 0 Å². The van der Waals surface area contributed by atoms with E-state index in [2.05, 4.69) is 6.92 Å². The first-order valence-corrected chi connectivity index (χ1v) is 13.4. The molecule has 0 spiro atoms. The fourth-order valence-electron chi connectivity index (χ4n) is 5.61. The number of hydrogen-bond acceptors (Lipinski definition) is 7. The molecule has 3 unspecified atom stereocenters. The first kappa shape index (κ1) is 28.5. The van der Waals surface area contributed by atoms with Gasteiger partial charge in [-0.15, -0.1) is 0 Å². The average Bonchev–Trinajstić information content (AvgIpc) is 3.55. The fourth-order valence-corrected chi connectivity index (χ4v) is 5.61. The standard InChI is InChI=1S/C29H37FN2O7/c1-5-7-11-31(10-6-2)25(33)16-32-15-20(19-13-23(37-4)28-24(14-19)38-17-39-28)26(29(34)35)27(32)18-8-9-22(36-3)21(30)12-18/h8-9,12-14,20,26-27H,5-7,10-11,15-17H2,1-4H3,(H,34,35). The van der Waals surface area contributed by atoms with E-state index in [-0.39, 0.29) is 31.5 Å². The van der Waals surface area contributed by atoms with Gasteiger partial charge in [-0.1, -0.05) is 26.3 Å². The second kappa shape index (κ2) is 12.5. The third-order valence-electron chi connectivity index (χ3n) is 7.48. The van der Waals surface area contributed by atoms with Gasteiger partial charge in [-0.3, -0.25) is 14.5 Å². The Hall–Kier alpha value is -3.53. The number of carboxylic acid groups (broad SMARTS) is 1. The molecule has 4 rings (SSSR count). The number of carbonyl (C=O) groups excluding carboxylic acids is 1. The zero-order chi connectivity index (χ0) is 28.1. The van der Waals surface area contributed by atoms with Gasteiger partial charge in [0.1, 0.15) is 0 Å². The van der Waals surface area contributed by atoms with Gasteiger partial charge in [-0.2, -0.15) is 0 Å². The number of carboxylic acids is 1. The van der Waals surface area contributed by atoms with Crippen molar-refractivity contribution in [1.82, 2.24) is 9.80 Å². The van der Waals surface area contributed by atoms with Crippen LogP contribution in [0.15, 0.2) is 30.3 Å². The van der Waals surface area contributed by atoms with E-state index in [9.17, 15) is 19.1 Å². The lowest BCUT2D eigenvalue weighted by molar-refractivity contribution is -0.144. The van der Waals surface area contributed by atoms with Crippen LogP contribution in [0.25, 0.3) is 0 Å². The highest BCUT2D eigenvalue weighted by Crippen LogP contribution is 2.50. The Morgan fingerprint density at radius 2 is 1.82 bits per heavy atom. The Bertz CT molecular complexity index is 1190. The SMILES string of the molecule is CCCCN(CCC)C(=O)CN1CC(c2cc(OC)c3c(c2)OCO3)C(C(=O)O)C1c1ccc(OC)c(F)c1. The van der Waals surface area contributed by atoms with Gasteiger partial charge in [-0.05, 0) is 48.2 Å². The molecule has 0 aromatic heterocycles. The monoisotopic (exact) mass is 544 g/mol.